The van der Waals surface area contributed by atoms with Crippen molar-refractivity contribution in [1.82, 2.24) is 4.90 Å². The van der Waals surface area contributed by atoms with Gasteiger partial charge in [-0.25, -0.2) is 0 Å². The molecule has 0 spiro atoms. The fraction of sp³-hybridized carbons (Fsp3) is 0.545. The first-order valence-electron chi connectivity index (χ1n) is 14.8. The standard InChI is InChI=1S/C33H43ClN2O4/c1-4-7-22-16-26(34)11-13-27(22)25-20-36-19-24-9-12-28(24)31(39-3)8-5-6-15-35(2)33(38)18-30(37)23-10-14-32(40-21-25)29(36)17-23/h5-6,10-11,13-14,16-17,24-25,28,30-31,37H,4,7-9,12,15,18-21H2,1-3H3/b6-5-. The fourth-order valence-corrected chi connectivity index (χ4v) is 6.78. The monoisotopic (exact) mass is 566 g/mol. The van der Waals surface area contributed by atoms with E-state index in [2.05, 4.69) is 30.0 Å². The normalized spacial score (nSPS) is 28.2. The van der Waals surface area contributed by atoms with Crippen LogP contribution in [0.4, 0.5) is 5.69 Å². The molecule has 40 heavy (non-hydrogen) atoms. The molecule has 3 aliphatic rings. The number of carbonyl (C=O) groups excluding carboxylic acids is 1. The Hall–Kier alpha value is -2.54. The Morgan fingerprint density at radius 1 is 1.12 bits per heavy atom. The third-order valence-electron chi connectivity index (χ3n) is 9.07. The summed E-state index contributed by atoms with van der Waals surface area (Å²) in [5.41, 5.74) is 4.33. The summed E-state index contributed by atoms with van der Waals surface area (Å²) in [6, 6.07) is 12.2. The van der Waals surface area contributed by atoms with Crippen LogP contribution in [-0.2, 0) is 16.0 Å². The van der Waals surface area contributed by atoms with Crippen LogP contribution in [0.15, 0.2) is 48.6 Å². The number of nitrogens with zero attached hydrogens (tertiary/aromatic N) is 2. The molecule has 2 heterocycles. The first kappa shape index (κ1) is 29.0. The van der Waals surface area contributed by atoms with Crippen LogP contribution < -0.4 is 9.64 Å². The summed E-state index contributed by atoms with van der Waals surface area (Å²) < 4.78 is 12.5. The lowest BCUT2D eigenvalue weighted by molar-refractivity contribution is -0.131. The highest BCUT2D eigenvalue weighted by molar-refractivity contribution is 6.30. The van der Waals surface area contributed by atoms with Crippen LogP contribution in [0.2, 0.25) is 5.02 Å². The van der Waals surface area contributed by atoms with Gasteiger partial charge in [0.15, 0.2) is 0 Å². The van der Waals surface area contributed by atoms with Crippen molar-refractivity contribution in [2.24, 2.45) is 11.8 Å². The van der Waals surface area contributed by atoms with E-state index >= 15 is 0 Å². The molecular formula is C33H43ClN2O4. The number of benzene rings is 2. The molecule has 1 amide bonds. The average molecular weight is 567 g/mol. The molecule has 5 atom stereocenters. The molecule has 1 aliphatic carbocycles. The average Bonchev–Trinajstić information content (AvgIpc) is 3.11. The zero-order valence-corrected chi connectivity index (χ0v) is 24.8. The number of aliphatic hydroxyl groups excluding tert-OH is 1. The van der Waals surface area contributed by atoms with Gasteiger partial charge in [-0.3, -0.25) is 4.79 Å². The van der Waals surface area contributed by atoms with Gasteiger partial charge in [0.05, 0.1) is 30.9 Å². The maximum absolute atomic E-state index is 12.9. The molecule has 5 rings (SSSR count). The molecule has 1 N–H and O–H groups in total. The summed E-state index contributed by atoms with van der Waals surface area (Å²) in [7, 11) is 3.60. The molecule has 2 bridgehead atoms. The lowest BCUT2D eigenvalue weighted by atomic mass is 9.69. The lowest BCUT2D eigenvalue weighted by Crippen LogP contribution is -2.44. The smallest absolute Gasteiger partial charge is 0.225 e. The van der Waals surface area contributed by atoms with Gasteiger partial charge in [0, 0.05) is 44.7 Å². The van der Waals surface area contributed by atoms with Crippen molar-refractivity contribution in [2.45, 2.75) is 63.6 Å². The van der Waals surface area contributed by atoms with Crippen molar-refractivity contribution in [3.63, 3.8) is 0 Å². The first-order chi connectivity index (χ1) is 19.4. The van der Waals surface area contributed by atoms with Crippen LogP contribution in [-0.4, -0.2) is 62.4 Å². The fourth-order valence-electron chi connectivity index (χ4n) is 6.58. The van der Waals surface area contributed by atoms with E-state index in [1.807, 2.05) is 37.5 Å². The minimum atomic E-state index is -0.875. The van der Waals surface area contributed by atoms with Gasteiger partial charge in [0.2, 0.25) is 5.91 Å². The van der Waals surface area contributed by atoms with E-state index in [0.29, 0.717) is 25.0 Å². The quantitative estimate of drug-likeness (QED) is 0.449. The number of hydrogen-bond acceptors (Lipinski definition) is 5. The topological polar surface area (TPSA) is 62.2 Å². The highest BCUT2D eigenvalue weighted by atomic mass is 35.5. The van der Waals surface area contributed by atoms with Crippen molar-refractivity contribution in [1.29, 1.82) is 0 Å². The highest BCUT2D eigenvalue weighted by Gasteiger charge is 2.39. The molecular weight excluding hydrogens is 524 g/mol. The zero-order chi connectivity index (χ0) is 28.2. The Morgan fingerprint density at radius 2 is 1.98 bits per heavy atom. The van der Waals surface area contributed by atoms with E-state index < -0.39 is 6.10 Å². The summed E-state index contributed by atoms with van der Waals surface area (Å²) in [4.78, 5) is 17.0. The summed E-state index contributed by atoms with van der Waals surface area (Å²) in [5.74, 6) is 1.92. The van der Waals surface area contributed by atoms with E-state index in [9.17, 15) is 9.90 Å². The molecule has 0 aromatic heterocycles. The van der Waals surface area contributed by atoms with E-state index in [-0.39, 0.29) is 24.3 Å². The van der Waals surface area contributed by atoms with Crippen LogP contribution in [0.3, 0.4) is 0 Å². The number of halogens is 1. The number of aryl methyl sites for hydroxylation is 1. The van der Waals surface area contributed by atoms with Gasteiger partial charge in [0.1, 0.15) is 5.75 Å². The van der Waals surface area contributed by atoms with Gasteiger partial charge < -0.3 is 24.4 Å². The maximum Gasteiger partial charge on any atom is 0.225 e. The number of ether oxygens (including phenoxy) is 2. The Morgan fingerprint density at radius 3 is 2.73 bits per heavy atom. The Bertz CT molecular complexity index is 1220. The minimum Gasteiger partial charge on any atom is -0.491 e. The van der Waals surface area contributed by atoms with Gasteiger partial charge in [-0.05, 0) is 78.5 Å². The molecule has 216 valence electrons. The number of methoxy groups -OCH3 is 1. The van der Waals surface area contributed by atoms with Gasteiger partial charge in [-0.2, -0.15) is 0 Å². The van der Waals surface area contributed by atoms with Crippen LogP contribution in [0.1, 0.15) is 67.7 Å². The third kappa shape index (κ3) is 6.35. The number of hydrogen-bond donors (Lipinski definition) is 1. The summed E-state index contributed by atoms with van der Waals surface area (Å²) >= 11 is 6.40. The van der Waals surface area contributed by atoms with Gasteiger partial charge in [0.25, 0.3) is 0 Å². The molecule has 2 aromatic rings. The number of aliphatic hydroxyl groups is 1. The number of anilines is 1. The second-order valence-electron chi connectivity index (χ2n) is 11.7. The number of likely N-dealkylation sites (N-methyl/N-ethyl adjacent to an activating group) is 1. The van der Waals surface area contributed by atoms with Crippen LogP contribution in [0, 0.1) is 11.8 Å². The van der Waals surface area contributed by atoms with E-state index in [0.717, 1.165) is 60.8 Å². The summed E-state index contributed by atoms with van der Waals surface area (Å²) in [6.45, 7) is 5.01. The first-order valence-corrected chi connectivity index (χ1v) is 15.2. The molecule has 0 radical (unpaired) electrons. The summed E-state index contributed by atoms with van der Waals surface area (Å²) in [5, 5.41) is 11.8. The Labute approximate surface area is 243 Å². The second-order valence-corrected chi connectivity index (χ2v) is 12.1. The van der Waals surface area contributed by atoms with Crippen molar-refractivity contribution >= 4 is 23.2 Å². The molecule has 1 fully saturated rings. The van der Waals surface area contributed by atoms with Crippen LogP contribution in [0.25, 0.3) is 0 Å². The summed E-state index contributed by atoms with van der Waals surface area (Å²) in [6.07, 6.45) is 8.70. The minimum absolute atomic E-state index is 0.0448. The molecule has 6 nitrogen and oxygen atoms in total. The largest absolute Gasteiger partial charge is 0.491 e. The van der Waals surface area contributed by atoms with Crippen molar-refractivity contribution in [2.75, 3.05) is 45.3 Å². The SMILES string of the molecule is CCCc1cc(Cl)ccc1C1COc2ccc3cc2N(C1)CC1CCC1C(OC)C/C=C\CN(C)C(=O)CC3O. The lowest BCUT2D eigenvalue weighted by Gasteiger charge is -2.44. The number of amides is 1. The Balaban J connectivity index is 1.52. The number of fused-ring (bicyclic) bond motifs is 2. The molecule has 0 saturated heterocycles. The van der Waals surface area contributed by atoms with E-state index in [1.54, 1.807) is 11.9 Å². The van der Waals surface area contributed by atoms with E-state index in [1.165, 1.54) is 17.5 Å². The molecule has 7 heteroatoms. The molecule has 2 aliphatic heterocycles. The van der Waals surface area contributed by atoms with Gasteiger partial charge >= 0.3 is 0 Å². The predicted octanol–water partition coefficient (Wildman–Crippen LogP) is 6.16. The second kappa shape index (κ2) is 13.0. The number of carbonyl (C=O) groups is 1. The number of rotatable bonds is 4. The zero-order valence-electron chi connectivity index (χ0n) is 24.0. The third-order valence-corrected chi connectivity index (χ3v) is 9.31. The van der Waals surface area contributed by atoms with Crippen molar-refractivity contribution in [3.05, 3.63) is 70.3 Å². The van der Waals surface area contributed by atoms with Gasteiger partial charge in [-0.15, -0.1) is 0 Å². The highest BCUT2D eigenvalue weighted by Crippen LogP contribution is 2.44. The van der Waals surface area contributed by atoms with Crippen molar-refractivity contribution in [3.8, 4) is 5.75 Å². The molecule has 1 saturated carbocycles. The maximum atomic E-state index is 12.9. The van der Waals surface area contributed by atoms with Crippen LogP contribution in [0.5, 0.6) is 5.75 Å². The Kier molecular flexibility index (Phi) is 9.39. The predicted molar refractivity (Wildman–Crippen MR) is 160 cm³/mol. The van der Waals surface area contributed by atoms with Gasteiger partial charge in [-0.1, -0.05) is 49.2 Å². The molecule has 5 unspecified atom stereocenters. The van der Waals surface area contributed by atoms with Crippen molar-refractivity contribution < 1.29 is 19.4 Å². The molecule has 2 aromatic carbocycles. The van der Waals surface area contributed by atoms with Crippen LogP contribution >= 0.6 is 11.6 Å². The van der Waals surface area contributed by atoms with E-state index in [4.69, 9.17) is 21.1 Å².